The minimum absolute atomic E-state index is 0.228. The van der Waals surface area contributed by atoms with Crippen LogP contribution in [0.15, 0.2) is 24.3 Å². The highest BCUT2D eigenvalue weighted by atomic mass is 32.2. The van der Waals surface area contributed by atoms with Crippen LogP contribution in [0.3, 0.4) is 0 Å². The van der Waals surface area contributed by atoms with Gasteiger partial charge in [0.2, 0.25) is 15.9 Å². The van der Waals surface area contributed by atoms with Crippen LogP contribution in [0, 0.1) is 5.92 Å². The van der Waals surface area contributed by atoms with E-state index in [4.69, 9.17) is 23.7 Å². The van der Waals surface area contributed by atoms with E-state index in [0.717, 1.165) is 0 Å². The van der Waals surface area contributed by atoms with Crippen molar-refractivity contribution in [3.05, 3.63) is 35.4 Å². The molecule has 0 fully saturated rings. The van der Waals surface area contributed by atoms with E-state index in [2.05, 4.69) is 4.72 Å². The van der Waals surface area contributed by atoms with Gasteiger partial charge in [-0.1, -0.05) is 50.3 Å². The van der Waals surface area contributed by atoms with E-state index in [1.54, 1.807) is 38.1 Å². The Kier molecular flexibility index (Phi) is 5.82. The Bertz CT molecular complexity index is 625. The second kappa shape index (κ2) is 6.97. The van der Waals surface area contributed by atoms with Crippen molar-refractivity contribution in [2.75, 3.05) is 0 Å². The van der Waals surface area contributed by atoms with Crippen LogP contribution in [0.25, 0.3) is 0 Å². The van der Waals surface area contributed by atoms with E-state index in [1.165, 1.54) is 0 Å². The molecule has 0 saturated heterocycles. The summed E-state index contributed by atoms with van der Waals surface area (Å²) in [6.45, 7) is 3.43. The summed E-state index contributed by atoms with van der Waals surface area (Å²) in [5.74, 6) is -1.17. The molecule has 0 spiro atoms. The Labute approximate surface area is 129 Å². The lowest BCUT2D eigenvalue weighted by molar-refractivity contribution is -0.120. The van der Waals surface area contributed by atoms with Gasteiger partial charge < -0.3 is 11.5 Å². The lowest BCUT2D eigenvalue weighted by Gasteiger charge is -2.18. The van der Waals surface area contributed by atoms with Crippen LogP contribution < -0.4 is 16.2 Å². The lowest BCUT2D eigenvalue weighted by atomic mass is 10.1. The number of nitrogens with two attached hydrogens (primary N) is 2. The Morgan fingerprint density at radius 3 is 2.14 bits per heavy atom. The van der Waals surface area contributed by atoms with E-state index in [0.29, 0.717) is 11.1 Å². The molecular formula is C13H19N3O3S2. The molecule has 1 unspecified atom stereocenters. The molecule has 1 aromatic carbocycles. The summed E-state index contributed by atoms with van der Waals surface area (Å²) in [6.07, 6.45) is 0. The Balaban J connectivity index is 2.85. The van der Waals surface area contributed by atoms with Gasteiger partial charge in [0.15, 0.2) is 0 Å². The third-order valence-electron chi connectivity index (χ3n) is 2.87. The number of amides is 1. The number of benzene rings is 1. The molecule has 1 aromatic rings. The van der Waals surface area contributed by atoms with Crippen LogP contribution in [0.1, 0.15) is 25.0 Å². The van der Waals surface area contributed by atoms with Gasteiger partial charge in [-0.05, 0) is 11.5 Å². The van der Waals surface area contributed by atoms with E-state index in [9.17, 15) is 13.2 Å². The zero-order valence-electron chi connectivity index (χ0n) is 11.9. The maximum absolute atomic E-state index is 12.1. The summed E-state index contributed by atoms with van der Waals surface area (Å²) in [7, 11) is -3.67. The average molecular weight is 329 g/mol. The molecule has 0 aromatic heterocycles. The van der Waals surface area contributed by atoms with Gasteiger partial charge in [-0.3, -0.25) is 4.79 Å². The molecule has 6 nitrogen and oxygen atoms in total. The number of nitrogens with one attached hydrogen (secondary N) is 1. The van der Waals surface area contributed by atoms with Gasteiger partial charge in [-0.2, -0.15) is 0 Å². The van der Waals surface area contributed by atoms with Crippen LogP contribution in [0.4, 0.5) is 0 Å². The van der Waals surface area contributed by atoms with Gasteiger partial charge in [-0.25, -0.2) is 13.1 Å². The van der Waals surface area contributed by atoms with Crippen molar-refractivity contribution >= 4 is 33.1 Å². The summed E-state index contributed by atoms with van der Waals surface area (Å²) < 4.78 is 26.5. The number of carbonyl (C=O) groups is 1. The molecular weight excluding hydrogens is 310 g/mol. The van der Waals surface area contributed by atoms with Crippen molar-refractivity contribution in [1.82, 2.24) is 4.72 Å². The number of primary amides is 1. The molecule has 0 heterocycles. The summed E-state index contributed by atoms with van der Waals surface area (Å²) in [5.41, 5.74) is 11.9. The second-order valence-electron chi connectivity index (χ2n) is 5.06. The van der Waals surface area contributed by atoms with Gasteiger partial charge >= 0.3 is 0 Å². The molecule has 1 amide bonds. The average Bonchev–Trinajstić information content (AvgIpc) is 2.35. The maximum atomic E-state index is 12.1. The van der Waals surface area contributed by atoms with Gasteiger partial charge in [0.1, 0.15) is 11.0 Å². The number of carbonyl (C=O) groups excluding carboxylic acids is 1. The first-order valence-electron chi connectivity index (χ1n) is 6.30. The van der Waals surface area contributed by atoms with Crippen LogP contribution in [-0.4, -0.2) is 25.4 Å². The molecule has 0 bridgehead atoms. The fourth-order valence-electron chi connectivity index (χ4n) is 1.74. The topological polar surface area (TPSA) is 115 Å². The van der Waals surface area contributed by atoms with Crippen molar-refractivity contribution in [3.8, 4) is 0 Å². The van der Waals surface area contributed by atoms with Crippen molar-refractivity contribution in [2.45, 2.75) is 25.6 Å². The Morgan fingerprint density at radius 2 is 1.76 bits per heavy atom. The predicted molar refractivity (Wildman–Crippen MR) is 85.9 cm³/mol. The molecule has 0 aliphatic rings. The molecule has 21 heavy (non-hydrogen) atoms. The van der Waals surface area contributed by atoms with E-state index >= 15 is 0 Å². The molecule has 0 radical (unpaired) electrons. The van der Waals surface area contributed by atoms with Crippen LogP contribution in [-0.2, 0) is 20.6 Å². The lowest BCUT2D eigenvalue weighted by Crippen LogP contribution is -2.47. The molecule has 1 atom stereocenters. The number of rotatable bonds is 7. The van der Waals surface area contributed by atoms with Crippen LogP contribution in [0.2, 0.25) is 0 Å². The number of hydrogen-bond donors (Lipinski definition) is 3. The predicted octanol–water partition coefficient (Wildman–Crippen LogP) is 0.250. The van der Waals surface area contributed by atoms with Crippen molar-refractivity contribution < 1.29 is 13.2 Å². The van der Waals surface area contributed by atoms with Crippen LogP contribution in [0.5, 0.6) is 0 Å². The zero-order chi connectivity index (χ0) is 16.2. The van der Waals surface area contributed by atoms with Crippen LogP contribution >= 0.6 is 12.2 Å². The minimum atomic E-state index is -3.67. The quantitative estimate of drug-likeness (QED) is 0.620. The molecule has 5 N–H and O–H groups in total. The highest BCUT2D eigenvalue weighted by Crippen LogP contribution is 2.10. The normalized spacial score (nSPS) is 13.1. The molecule has 8 heteroatoms. The minimum Gasteiger partial charge on any atom is -0.389 e. The summed E-state index contributed by atoms with van der Waals surface area (Å²) in [4.78, 5) is 11.5. The largest absolute Gasteiger partial charge is 0.389 e. The fraction of sp³-hybridized carbons (Fsp3) is 0.385. The summed E-state index contributed by atoms with van der Waals surface area (Å²) >= 11 is 4.83. The Hall–Kier alpha value is -1.51. The van der Waals surface area contributed by atoms with Gasteiger partial charge in [0.25, 0.3) is 0 Å². The molecule has 0 aliphatic carbocycles. The SMILES string of the molecule is CC(C)C(NS(=O)(=O)Cc1ccc(C(N)=S)cc1)C(N)=O. The summed E-state index contributed by atoms with van der Waals surface area (Å²) in [6, 6.07) is 5.64. The van der Waals surface area contributed by atoms with Crippen molar-refractivity contribution in [3.63, 3.8) is 0 Å². The molecule has 0 saturated carbocycles. The standard InChI is InChI=1S/C13H19N3O3S2/c1-8(2)11(12(14)17)16-21(18,19)7-9-3-5-10(6-4-9)13(15)20/h3-6,8,11,16H,7H2,1-2H3,(H2,14,17)(H2,15,20). The van der Waals surface area contributed by atoms with Crippen molar-refractivity contribution in [2.24, 2.45) is 17.4 Å². The third-order valence-corrected chi connectivity index (χ3v) is 4.44. The highest BCUT2D eigenvalue weighted by molar-refractivity contribution is 7.88. The number of hydrogen-bond acceptors (Lipinski definition) is 4. The highest BCUT2D eigenvalue weighted by Gasteiger charge is 2.25. The summed E-state index contributed by atoms with van der Waals surface area (Å²) in [5, 5.41) is 0. The molecule has 0 aliphatic heterocycles. The molecule has 1 rings (SSSR count). The number of sulfonamides is 1. The van der Waals surface area contributed by atoms with Gasteiger partial charge in [0, 0.05) is 5.56 Å². The first-order chi connectivity index (χ1) is 9.62. The van der Waals surface area contributed by atoms with Gasteiger partial charge in [0.05, 0.1) is 5.75 Å². The fourth-order valence-corrected chi connectivity index (χ4v) is 3.37. The monoisotopic (exact) mass is 329 g/mol. The van der Waals surface area contributed by atoms with E-state index < -0.39 is 22.0 Å². The molecule has 116 valence electrons. The first-order valence-corrected chi connectivity index (χ1v) is 8.36. The Morgan fingerprint density at radius 1 is 1.24 bits per heavy atom. The smallest absolute Gasteiger partial charge is 0.235 e. The first kappa shape index (κ1) is 17.5. The van der Waals surface area contributed by atoms with E-state index in [1.807, 2.05) is 0 Å². The zero-order valence-corrected chi connectivity index (χ0v) is 13.5. The third kappa shape index (κ3) is 5.41. The van der Waals surface area contributed by atoms with Gasteiger partial charge in [-0.15, -0.1) is 0 Å². The van der Waals surface area contributed by atoms with E-state index in [-0.39, 0.29) is 16.7 Å². The second-order valence-corrected chi connectivity index (χ2v) is 7.26. The number of thiocarbonyl (C=S) groups is 1. The maximum Gasteiger partial charge on any atom is 0.235 e. The van der Waals surface area contributed by atoms with Crippen molar-refractivity contribution in [1.29, 1.82) is 0 Å².